The van der Waals surface area contributed by atoms with Gasteiger partial charge < -0.3 is 13.7 Å². The molecule has 12 aromatic heterocycles. The number of benzene rings is 17. The topological polar surface area (TPSA) is 115 Å². The average Bonchev–Trinajstić information content (AvgIpc) is 1.57. The van der Waals surface area contributed by atoms with Crippen LogP contribution >= 0.6 is 0 Å². The number of aromatic nitrogens is 12. The van der Waals surface area contributed by atoms with E-state index >= 15 is 0 Å². The summed E-state index contributed by atoms with van der Waals surface area (Å²) in [6.07, 6.45) is 13.3. The lowest BCUT2D eigenvalue weighted by atomic mass is 9.99. The van der Waals surface area contributed by atoms with E-state index in [-0.39, 0.29) is 0 Å². The first-order chi connectivity index (χ1) is 64.1. The van der Waals surface area contributed by atoms with Gasteiger partial charge in [0.1, 0.15) is 11.6 Å². The smallest absolute Gasteiger partial charge is 0.137 e. The summed E-state index contributed by atoms with van der Waals surface area (Å²) < 4.78 is 11.8. The molecule has 0 radical (unpaired) electrons. The first kappa shape index (κ1) is 71.9. The molecule has 0 unspecified atom stereocenters. The number of rotatable bonds is 6. The van der Waals surface area contributed by atoms with Crippen LogP contribution in [0.5, 0.6) is 0 Å². The predicted molar refractivity (Wildman–Crippen MR) is 536 cm³/mol. The highest BCUT2D eigenvalue weighted by Crippen LogP contribution is 2.48. The molecular formula is C117H70N12. The number of nitrogens with zero attached hydrogens (tertiary/aromatic N) is 12. The van der Waals surface area contributed by atoms with Crippen LogP contribution in [0.25, 0.3) is 257 Å². The van der Waals surface area contributed by atoms with Gasteiger partial charge in [-0.05, 0) is 189 Å². The lowest BCUT2D eigenvalue weighted by Crippen LogP contribution is -2.00. The summed E-state index contributed by atoms with van der Waals surface area (Å²) in [6.45, 7) is 0. The molecule has 29 aromatic rings. The Hall–Kier alpha value is -17.6. The van der Waals surface area contributed by atoms with Gasteiger partial charge in [0, 0.05) is 151 Å². The van der Waals surface area contributed by atoms with Crippen molar-refractivity contribution in [3.63, 3.8) is 0 Å². The second-order valence-corrected chi connectivity index (χ2v) is 33.3. The highest BCUT2D eigenvalue weighted by molar-refractivity contribution is 6.35. The number of pyridine rings is 7. The van der Waals surface area contributed by atoms with Gasteiger partial charge in [0.25, 0.3) is 0 Å². The maximum atomic E-state index is 5.16. The zero-order chi connectivity index (χ0) is 84.5. The van der Waals surface area contributed by atoms with E-state index in [4.69, 9.17) is 24.9 Å². The monoisotopic (exact) mass is 1640 g/mol. The molecule has 0 atom stereocenters. The number of fused-ring (bicyclic) bond motifs is 37. The number of hydrogen-bond donors (Lipinski definition) is 0. The molecule has 0 aliphatic heterocycles. The quantitative estimate of drug-likeness (QED) is 0.152. The van der Waals surface area contributed by atoms with Gasteiger partial charge in [0.15, 0.2) is 0 Å². The molecule has 0 fully saturated rings. The van der Waals surface area contributed by atoms with Gasteiger partial charge in [-0.2, -0.15) is 0 Å². The minimum absolute atomic E-state index is 0.866. The first-order valence-corrected chi connectivity index (χ1v) is 43.6. The molecule has 0 spiro atoms. The second kappa shape index (κ2) is 28.5. The SMILES string of the molecule is c1ccc2c(c1)ccc1c2c2ccccc2n1-c1ccc(-n2c3ccccc3c3c4ccccc4c4ncccc4c32)cc1.c1ccc2c(c1)ccc1c2c2ccccc2n1-c1ccc(-n2c3ccccc3c3c4ccccc4c4ncccc4c32)nc1.c1cnc2c(c1)cc(-c1ccc(-n3c4ccccc4c4c5ccccc5c5ncccc5c43)nc1)c1cccnc12. The first-order valence-electron chi connectivity index (χ1n) is 43.6. The molecule has 29 rings (SSSR count). The van der Waals surface area contributed by atoms with Crippen molar-refractivity contribution in [1.82, 2.24) is 57.7 Å². The zero-order valence-electron chi connectivity index (χ0n) is 69.3. The Morgan fingerprint density at radius 1 is 0.163 bits per heavy atom. The van der Waals surface area contributed by atoms with Gasteiger partial charge in [-0.15, -0.1) is 0 Å². The van der Waals surface area contributed by atoms with Crippen molar-refractivity contribution in [2.75, 3.05) is 0 Å². The molecule has 129 heavy (non-hydrogen) atoms. The van der Waals surface area contributed by atoms with Crippen LogP contribution in [0.2, 0.25) is 0 Å². The summed E-state index contributed by atoms with van der Waals surface area (Å²) in [6, 6.07) is 136. The molecule has 598 valence electrons. The van der Waals surface area contributed by atoms with Crippen LogP contribution < -0.4 is 0 Å². The fourth-order valence-corrected chi connectivity index (χ4v) is 21.3. The maximum absolute atomic E-state index is 5.16. The van der Waals surface area contributed by atoms with Gasteiger partial charge in [-0.25, -0.2) is 9.97 Å². The van der Waals surface area contributed by atoms with E-state index in [1.807, 2.05) is 73.7 Å². The maximum Gasteiger partial charge on any atom is 0.137 e. The van der Waals surface area contributed by atoms with E-state index < -0.39 is 0 Å². The van der Waals surface area contributed by atoms with Gasteiger partial charge in [0.2, 0.25) is 0 Å². The summed E-state index contributed by atoms with van der Waals surface area (Å²) in [4.78, 5) is 34.1. The van der Waals surface area contributed by atoms with Crippen LogP contribution in [0, 0.1) is 0 Å². The minimum atomic E-state index is 0.866. The number of para-hydroxylation sites is 5. The Balaban J connectivity index is 0.0000000999. The average molecular weight is 1640 g/mol. The second-order valence-electron chi connectivity index (χ2n) is 33.3. The van der Waals surface area contributed by atoms with Crippen molar-refractivity contribution in [3.05, 3.63) is 426 Å². The lowest BCUT2D eigenvalue weighted by molar-refractivity contribution is 1.06. The van der Waals surface area contributed by atoms with E-state index in [1.165, 1.54) is 135 Å². The van der Waals surface area contributed by atoms with Crippen molar-refractivity contribution in [2.45, 2.75) is 0 Å². The third-order valence-corrected chi connectivity index (χ3v) is 26.6. The van der Waals surface area contributed by atoms with Crippen LogP contribution in [0.1, 0.15) is 0 Å². The molecule has 0 aliphatic rings. The van der Waals surface area contributed by atoms with Crippen LogP contribution in [-0.4, -0.2) is 57.7 Å². The van der Waals surface area contributed by atoms with Crippen molar-refractivity contribution in [1.29, 1.82) is 0 Å². The summed E-state index contributed by atoms with van der Waals surface area (Å²) in [5, 5.41) is 30.2. The fraction of sp³-hybridized carbons (Fsp3) is 0. The molecule has 17 aromatic carbocycles. The highest BCUT2D eigenvalue weighted by Gasteiger charge is 2.26. The molecule has 0 bridgehead atoms. The Kier molecular flexibility index (Phi) is 15.9. The van der Waals surface area contributed by atoms with Crippen LogP contribution in [0.3, 0.4) is 0 Å². The highest BCUT2D eigenvalue weighted by atomic mass is 15.1. The van der Waals surface area contributed by atoms with Gasteiger partial charge in [0.05, 0.1) is 94.6 Å². The molecule has 0 saturated heterocycles. The van der Waals surface area contributed by atoms with Crippen molar-refractivity contribution in [2.24, 2.45) is 0 Å². The van der Waals surface area contributed by atoms with Gasteiger partial charge >= 0.3 is 0 Å². The lowest BCUT2D eigenvalue weighted by Gasteiger charge is -2.13. The normalized spacial score (nSPS) is 12.0. The molecule has 0 aliphatic carbocycles. The molecule has 0 N–H and O–H groups in total. The van der Waals surface area contributed by atoms with E-state index in [0.29, 0.717) is 0 Å². The van der Waals surface area contributed by atoms with Crippen molar-refractivity contribution in [3.8, 4) is 39.8 Å². The third-order valence-electron chi connectivity index (χ3n) is 26.6. The zero-order valence-corrected chi connectivity index (χ0v) is 69.3. The molecule has 12 heterocycles. The fourth-order valence-electron chi connectivity index (χ4n) is 21.3. The molecule has 12 heteroatoms. The van der Waals surface area contributed by atoms with Crippen LogP contribution in [0.4, 0.5) is 0 Å². The van der Waals surface area contributed by atoms with E-state index in [0.717, 1.165) is 122 Å². The van der Waals surface area contributed by atoms with E-state index in [2.05, 4.69) is 385 Å². The van der Waals surface area contributed by atoms with Crippen molar-refractivity contribution >= 4 is 217 Å². The molecule has 12 nitrogen and oxygen atoms in total. The molecule has 0 amide bonds. The predicted octanol–water partition coefficient (Wildman–Crippen LogP) is 29.5. The Bertz CT molecular complexity index is 9400. The van der Waals surface area contributed by atoms with E-state index in [9.17, 15) is 0 Å². The Morgan fingerprint density at radius 2 is 0.473 bits per heavy atom. The van der Waals surface area contributed by atoms with Gasteiger partial charge in [-0.3, -0.25) is 34.1 Å². The number of hydrogen-bond acceptors (Lipinski definition) is 7. The van der Waals surface area contributed by atoms with Crippen LogP contribution in [0.15, 0.2) is 426 Å². The Morgan fingerprint density at radius 3 is 0.907 bits per heavy atom. The summed E-state index contributed by atoms with van der Waals surface area (Å²) >= 11 is 0. The summed E-state index contributed by atoms with van der Waals surface area (Å²) in [5.74, 6) is 1.75. The third kappa shape index (κ3) is 10.7. The molecule has 0 saturated carbocycles. The van der Waals surface area contributed by atoms with Crippen molar-refractivity contribution < 1.29 is 0 Å². The van der Waals surface area contributed by atoms with E-state index in [1.54, 1.807) is 0 Å². The van der Waals surface area contributed by atoms with Gasteiger partial charge in [-0.1, -0.05) is 237 Å². The minimum Gasteiger partial charge on any atom is -0.309 e. The standard InChI is InChI=1S/C41H25N3.C40H24N4.C36H21N5/c1-2-11-29-26(10-1)19-24-37-38(29)32-14-5-7-17-35(32)43(37)27-20-22-28(23-21-27)44-36-18-8-6-15-33(36)39-30-12-3-4-13-31(30)40-34(41(39)44)16-9-25-42-40;1-2-11-27-25(10-1)19-21-35-37(27)30-14-5-7-17-33(30)43(35)26-20-22-36(42-24-26)44-34-18-8-6-15-31(34)38-28-12-3-4-13-29(28)39-32(40(38)44)16-9-23-41-39;1-2-10-25-24(9-1)32-27-11-3-4-14-30(27)41(36(32)28-13-7-18-38-34(25)28)31-16-15-23(21-40-31)29-20-22-8-5-17-37-33(22)35-26(29)12-6-19-39-35/h1-25H;1-24H;1-21H. The summed E-state index contributed by atoms with van der Waals surface area (Å²) in [5.41, 5.74) is 22.0. The van der Waals surface area contributed by atoms with Crippen LogP contribution in [-0.2, 0) is 0 Å². The summed E-state index contributed by atoms with van der Waals surface area (Å²) in [7, 11) is 0. The molecular weight excluding hydrogens is 1570 g/mol. The largest absolute Gasteiger partial charge is 0.309 e. The Labute approximate surface area is 735 Å².